The Kier molecular flexibility index (Phi) is 2.23. The number of carbonyl (C=O) groups is 1. The first-order chi connectivity index (χ1) is 6.36. The zero-order valence-corrected chi connectivity index (χ0v) is 7.16. The fraction of sp³-hybridized carbons (Fsp3) is 0.333. The van der Waals surface area contributed by atoms with Gasteiger partial charge in [-0.1, -0.05) is 0 Å². The lowest BCUT2D eigenvalue weighted by molar-refractivity contribution is -0.121. The van der Waals surface area contributed by atoms with Crippen LogP contribution in [0.25, 0.3) is 0 Å². The van der Waals surface area contributed by atoms with Crippen molar-refractivity contribution >= 4 is 5.91 Å². The molecule has 1 aliphatic rings. The maximum absolute atomic E-state index is 10.9. The molecule has 1 atom stereocenters. The van der Waals surface area contributed by atoms with Crippen LogP contribution in [0.1, 0.15) is 11.6 Å². The van der Waals surface area contributed by atoms with Gasteiger partial charge in [-0.15, -0.1) is 0 Å². The summed E-state index contributed by atoms with van der Waals surface area (Å²) in [5.74, 6) is 0.0605. The second-order valence-electron chi connectivity index (χ2n) is 3.02. The van der Waals surface area contributed by atoms with Crippen molar-refractivity contribution in [3.8, 4) is 0 Å². The van der Waals surface area contributed by atoms with E-state index in [9.17, 15) is 4.79 Å². The van der Waals surface area contributed by atoms with Crippen molar-refractivity contribution in [1.82, 2.24) is 15.6 Å². The number of carbonyl (C=O) groups excluding carboxylic acids is 1. The molecule has 13 heavy (non-hydrogen) atoms. The van der Waals surface area contributed by atoms with Crippen molar-refractivity contribution in [2.24, 2.45) is 0 Å². The van der Waals surface area contributed by atoms with Gasteiger partial charge in [-0.05, 0) is 17.7 Å². The highest BCUT2D eigenvalue weighted by atomic mass is 16.2. The van der Waals surface area contributed by atoms with Crippen molar-refractivity contribution in [3.63, 3.8) is 0 Å². The molecule has 0 radical (unpaired) electrons. The number of hydrogen-bond donors (Lipinski definition) is 2. The van der Waals surface area contributed by atoms with Crippen LogP contribution in [-0.4, -0.2) is 24.0 Å². The predicted octanol–water partition coefficient (Wildman–Crippen LogP) is -0.158. The van der Waals surface area contributed by atoms with Gasteiger partial charge in [-0.3, -0.25) is 15.1 Å². The van der Waals surface area contributed by atoms with Crippen molar-refractivity contribution in [2.45, 2.75) is 6.04 Å². The molecule has 1 saturated heterocycles. The van der Waals surface area contributed by atoms with Crippen LogP contribution in [0.4, 0.5) is 0 Å². The molecule has 0 aliphatic carbocycles. The molecular weight excluding hydrogens is 166 g/mol. The van der Waals surface area contributed by atoms with E-state index in [4.69, 9.17) is 0 Å². The molecule has 1 aromatic rings. The molecule has 4 heteroatoms. The fourth-order valence-corrected chi connectivity index (χ4v) is 1.40. The van der Waals surface area contributed by atoms with Crippen LogP contribution in [0.3, 0.4) is 0 Å². The molecule has 0 aromatic carbocycles. The van der Waals surface area contributed by atoms with Crippen LogP contribution >= 0.6 is 0 Å². The predicted molar refractivity (Wildman–Crippen MR) is 48.0 cm³/mol. The summed E-state index contributed by atoms with van der Waals surface area (Å²) in [5, 5.41) is 5.95. The minimum Gasteiger partial charge on any atom is -0.353 e. The van der Waals surface area contributed by atoms with Gasteiger partial charge in [0.25, 0.3) is 0 Å². The third-order valence-electron chi connectivity index (χ3n) is 2.12. The van der Waals surface area contributed by atoms with E-state index in [1.165, 1.54) is 0 Å². The molecule has 0 saturated carbocycles. The Balaban J connectivity index is 2.07. The van der Waals surface area contributed by atoms with Gasteiger partial charge in [0.15, 0.2) is 0 Å². The molecule has 2 heterocycles. The van der Waals surface area contributed by atoms with Gasteiger partial charge < -0.3 is 5.32 Å². The summed E-state index contributed by atoms with van der Waals surface area (Å²) in [5.41, 5.74) is 1.16. The van der Waals surface area contributed by atoms with Crippen molar-refractivity contribution < 1.29 is 4.79 Å². The van der Waals surface area contributed by atoms with E-state index < -0.39 is 0 Å². The second kappa shape index (κ2) is 3.53. The average Bonchev–Trinajstić information content (AvgIpc) is 2.20. The molecule has 0 spiro atoms. The van der Waals surface area contributed by atoms with Crippen LogP contribution in [0.5, 0.6) is 0 Å². The van der Waals surface area contributed by atoms with E-state index in [1.807, 2.05) is 12.1 Å². The lowest BCUT2D eigenvalue weighted by atomic mass is 10.1. The minimum atomic E-state index is 0.0605. The Hall–Kier alpha value is -1.42. The van der Waals surface area contributed by atoms with Gasteiger partial charge >= 0.3 is 0 Å². The number of rotatable bonds is 1. The second-order valence-corrected chi connectivity index (χ2v) is 3.02. The van der Waals surface area contributed by atoms with E-state index in [1.54, 1.807) is 12.4 Å². The molecule has 1 fully saturated rings. The third kappa shape index (κ3) is 1.84. The Morgan fingerprint density at radius 3 is 2.77 bits per heavy atom. The smallest absolute Gasteiger partial charge is 0.234 e. The summed E-state index contributed by atoms with van der Waals surface area (Å²) in [6.45, 7) is 1.05. The first-order valence-corrected chi connectivity index (χ1v) is 4.26. The summed E-state index contributed by atoms with van der Waals surface area (Å²) in [6.07, 6.45) is 3.51. The molecule has 4 nitrogen and oxygen atoms in total. The van der Waals surface area contributed by atoms with Crippen LogP contribution < -0.4 is 10.6 Å². The Morgan fingerprint density at radius 1 is 1.38 bits per heavy atom. The summed E-state index contributed by atoms with van der Waals surface area (Å²) >= 11 is 0. The standard InChI is InChI=1S/C9H11N3O/c13-9-6-11-8(5-12-9)7-1-3-10-4-2-7/h1-4,8,11H,5-6H2,(H,12,13). The summed E-state index contributed by atoms with van der Waals surface area (Å²) in [7, 11) is 0. The number of hydrogen-bond acceptors (Lipinski definition) is 3. The van der Waals surface area contributed by atoms with E-state index in [0.717, 1.165) is 5.56 Å². The number of pyridine rings is 1. The Morgan fingerprint density at radius 2 is 2.15 bits per heavy atom. The maximum Gasteiger partial charge on any atom is 0.234 e. The lowest BCUT2D eigenvalue weighted by Gasteiger charge is -2.24. The lowest BCUT2D eigenvalue weighted by Crippen LogP contribution is -2.46. The van der Waals surface area contributed by atoms with Gasteiger partial charge in [-0.2, -0.15) is 0 Å². The molecule has 68 valence electrons. The number of amides is 1. The van der Waals surface area contributed by atoms with Crippen LogP contribution in [0.2, 0.25) is 0 Å². The van der Waals surface area contributed by atoms with Crippen LogP contribution in [0, 0.1) is 0 Å². The van der Waals surface area contributed by atoms with Gasteiger partial charge in [0.2, 0.25) is 5.91 Å². The normalized spacial score (nSPS) is 22.5. The van der Waals surface area contributed by atoms with Gasteiger partial charge in [-0.25, -0.2) is 0 Å². The first kappa shape index (κ1) is 8.19. The molecule has 2 rings (SSSR count). The van der Waals surface area contributed by atoms with E-state index >= 15 is 0 Å². The summed E-state index contributed by atoms with van der Waals surface area (Å²) in [6, 6.07) is 4.13. The van der Waals surface area contributed by atoms with Gasteiger partial charge in [0.05, 0.1) is 12.6 Å². The molecule has 0 bridgehead atoms. The SMILES string of the molecule is O=C1CNC(c2ccncc2)CN1. The Bertz CT molecular complexity index is 289. The molecule has 1 unspecified atom stereocenters. The molecule has 1 aliphatic heterocycles. The van der Waals surface area contributed by atoms with Crippen LogP contribution in [-0.2, 0) is 4.79 Å². The van der Waals surface area contributed by atoms with Crippen molar-refractivity contribution in [3.05, 3.63) is 30.1 Å². The van der Waals surface area contributed by atoms with E-state index in [2.05, 4.69) is 15.6 Å². The molecule has 2 N–H and O–H groups in total. The molecule has 1 amide bonds. The maximum atomic E-state index is 10.9. The zero-order valence-electron chi connectivity index (χ0n) is 7.16. The zero-order chi connectivity index (χ0) is 9.10. The number of nitrogens with one attached hydrogen (secondary N) is 2. The molecular formula is C9H11N3O. The summed E-state index contributed by atoms with van der Waals surface area (Å²) in [4.78, 5) is 14.8. The van der Waals surface area contributed by atoms with Crippen molar-refractivity contribution in [1.29, 1.82) is 0 Å². The van der Waals surface area contributed by atoms with E-state index in [-0.39, 0.29) is 11.9 Å². The summed E-state index contributed by atoms with van der Waals surface area (Å²) < 4.78 is 0. The largest absolute Gasteiger partial charge is 0.353 e. The highest BCUT2D eigenvalue weighted by Crippen LogP contribution is 2.11. The Labute approximate surface area is 76.4 Å². The quantitative estimate of drug-likeness (QED) is 0.627. The average molecular weight is 177 g/mol. The minimum absolute atomic E-state index is 0.0605. The topological polar surface area (TPSA) is 54.0 Å². The van der Waals surface area contributed by atoms with Gasteiger partial charge in [0, 0.05) is 18.9 Å². The highest BCUT2D eigenvalue weighted by molar-refractivity contribution is 5.78. The van der Waals surface area contributed by atoms with E-state index in [0.29, 0.717) is 13.1 Å². The third-order valence-corrected chi connectivity index (χ3v) is 2.12. The van der Waals surface area contributed by atoms with Crippen molar-refractivity contribution in [2.75, 3.05) is 13.1 Å². The van der Waals surface area contributed by atoms with Gasteiger partial charge in [0.1, 0.15) is 0 Å². The highest BCUT2D eigenvalue weighted by Gasteiger charge is 2.17. The fourth-order valence-electron chi connectivity index (χ4n) is 1.40. The number of aromatic nitrogens is 1. The monoisotopic (exact) mass is 177 g/mol. The molecule has 1 aromatic heterocycles. The van der Waals surface area contributed by atoms with Crippen LogP contribution in [0.15, 0.2) is 24.5 Å². The first-order valence-electron chi connectivity index (χ1n) is 4.26. The number of piperazine rings is 1. The number of nitrogens with zero attached hydrogens (tertiary/aromatic N) is 1.